The van der Waals surface area contributed by atoms with E-state index < -0.39 is 0 Å². The standard InChI is InChI=1S/C70H70N4O8/c1-75-59-35-63-55(31-47(59)39-17-9-5-10-18-39)71-67(79-63)43-25-26-44(68-72-56-32-48(40-19-11-6-12-20-40)60(76-2)36-64(56)80-68)52-30-54-46(70-74-58-34-50(42-23-15-8-16-24-42)62(78-4)38-66(58)82-70)28-27-45(53(54)29-51(43)52)69-73-57-33-49(41-21-13-7-14-22-41)61(77-3)37-65(57)81-69/h25-42H,5-24H2,1-4H3. The van der Waals surface area contributed by atoms with Crippen LogP contribution in [0.3, 0.4) is 0 Å². The smallest absolute Gasteiger partial charge is 0.227 e. The van der Waals surface area contributed by atoms with Crippen molar-refractivity contribution in [2.24, 2.45) is 0 Å². The normalized spacial score (nSPS) is 17.3. The van der Waals surface area contributed by atoms with Crippen LogP contribution in [0.2, 0.25) is 0 Å². The molecule has 4 heterocycles. The number of oxazole rings is 4. The summed E-state index contributed by atoms with van der Waals surface area (Å²) in [5, 5.41) is 3.53. The van der Waals surface area contributed by atoms with Crippen LogP contribution in [0.25, 0.3) is 112 Å². The highest BCUT2D eigenvalue weighted by atomic mass is 16.5. The minimum Gasteiger partial charge on any atom is -0.496 e. The second-order valence-corrected chi connectivity index (χ2v) is 23.9. The first kappa shape index (κ1) is 51.1. The molecule has 0 atom stereocenters. The van der Waals surface area contributed by atoms with Crippen LogP contribution < -0.4 is 18.9 Å². The summed E-state index contributed by atoms with van der Waals surface area (Å²) in [4.78, 5) is 21.3. The fraction of sp³-hybridized carbons (Fsp3) is 0.400. The molecule has 0 amide bonds. The SMILES string of the molecule is COc1cc2oc(-c3ccc(-c4nc5cc(C6CCCCC6)c(OC)cc5o4)c4cc5c(-c6nc7cc(C8CCCCC8)c(OC)cc7o6)ccc(-c6nc7cc(C8CCCCC8)c(OC)cc7o6)c5cc34)nc2cc1C1CCCCC1. The lowest BCUT2D eigenvalue weighted by atomic mass is 9.83. The number of aromatic nitrogens is 4. The van der Waals surface area contributed by atoms with Gasteiger partial charge in [0, 0.05) is 46.5 Å². The van der Waals surface area contributed by atoms with E-state index in [-0.39, 0.29) is 0 Å². The van der Waals surface area contributed by atoms with E-state index in [0.29, 0.717) is 69.6 Å². The van der Waals surface area contributed by atoms with Crippen molar-refractivity contribution in [1.29, 1.82) is 0 Å². The molecule has 4 fully saturated rings. The van der Waals surface area contributed by atoms with Gasteiger partial charge in [-0.1, -0.05) is 77.0 Å². The lowest BCUT2D eigenvalue weighted by Crippen LogP contribution is -2.06. The number of fused-ring (bicyclic) bond motifs is 6. The fourth-order valence-electron chi connectivity index (χ4n) is 14.9. The van der Waals surface area contributed by atoms with Gasteiger partial charge < -0.3 is 36.6 Å². The van der Waals surface area contributed by atoms with Gasteiger partial charge in [0.15, 0.2) is 22.3 Å². The Morgan fingerprint density at radius 3 is 0.720 bits per heavy atom. The van der Waals surface area contributed by atoms with Crippen LogP contribution in [0.5, 0.6) is 23.0 Å². The first-order valence-electron chi connectivity index (χ1n) is 30.4. The van der Waals surface area contributed by atoms with Crippen LogP contribution in [-0.4, -0.2) is 48.4 Å². The molecule has 418 valence electrons. The maximum atomic E-state index is 6.86. The zero-order valence-electron chi connectivity index (χ0n) is 47.6. The molecule has 0 radical (unpaired) electrons. The van der Waals surface area contributed by atoms with Crippen LogP contribution in [0.1, 0.15) is 174 Å². The van der Waals surface area contributed by atoms with Gasteiger partial charge in [0.1, 0.15) is 45.1 Å². The zero-order chi connectivity index (χ0) is 55.0. The van der Waals surface area contributed by atoms with Gasteiger partial charge in [-0.2, -0.15) is 0 Å². The van der Waals surface area contributed by atoms with E-state index in [0.717, 1.165) is 140 Å². The first-order valence-corrected chi connectivity index (χ1v) is 30.4. The molecule has 0 spiro atoms. The first-order chi connectivity index (χ1) is 40.4. The molecule has 0 saturated heterocycles. The van der Waals surface area contributed by atoms with E-state index in [1.54, 1.807) is 28.4 Å². The van der Waals surface area contributed by atoms with E-state index in [1.165, 1.54) is 99.3 Å². The number of benzene rings is 7. The minimum atomic E-state index is 0.413. The molecule has 4 aliphatic carbocycles. The van der Waals surface area contributed by atoms with Gasteiger partial charge in [-0.3, -0.25) is 0 Å². The number of nitrogens with zero attached hydrogens (tertiary/aromatic N) is 4. The Labute approximate surface area is 476 Å². The van der Waals surface area contributed by atoms with Gasteiger partial charge in [-0.25, -0.2) is 19.9 Å². The molecule has 4 aliphatic rings. The molecule has 0 N–H and O–H groups in total. The van der Waals surface area contributed by atoms with Gasteiger partial charge in [0.2, 0.25) is 23.6 Å². The van der Waals surface area contributed by atoms with Gasteiger partial charge in [0.05, 0.1) is 28.4 Å². The predicted molar refractivity (Wildman–Crippen MR) is 323 cm³/mol. The Balaban J connectivity index is 0.971. The number of rotatable bonds is 12. The lowest BCUT2D eigenvalue weighted by Gasteiger charge is -2.23. The molecule has 7 aromatic carbocycles. The predicted octanol–water partition coefficient (Wildman–Crippen LogP) is 19.5. The van der Waals surface area contributed by atoms with Crippen LogP contribution in [0.4, 0.5) is 0 Å². The average Bonchev–Trinajstić information content (AvgIpc) is 4.11. The number of hydrogen-bond acceptors (Lipinski definition) is 12. The maximum absolute atomic E-state index is 6.86. The Morgan fingerprint density at radius 2 is 0.512 bits per heavy atom. The van der Waals surface area contributed by atoms with Crippen molar-refractivity contribution >= 4 is 65.9 Å². The molecule has 4 saturated carbocycles. The van der Waals surface area contributed by atoms with E-state index in [4.69, 9.17) is 56.6 Å². The van der Waals surface area contributed by atoms with Crippen molar-refractivity contribution in [3.8, 4) is 68.8 Å². The van der Waals surface area contributed by atoms with Crippen LogP contribution in [-0.2, 0) is 0 Å². The summed E-state index contributed by atoms with van der Waals surface area (Å²) in [6.45, 7) is 0. The lowest BCUT2D eigenvalue weighted by molar-refractivity contribution is 0.387. The van der Waals surface area contributed by atoms with E-state index in [1.807, 2.05) is 24.3 Å². The van der Waals surface area contributed by atoms with Crippen molar-refractivity contribution in [3.63, 3.8) is 0 Å². The molecule has 12 heteroatoms. The van der Waals surface area contributed by atoms with Crippen molar-refractivity contribution in [3.05, 3.63) is 107 Å². The maximum Gasteiger partial charge on any atom is 0.227 e. The molecule has 0 unspecified atom stereocenters. The molecular weight excluding hydrogens is 1020 g/mol. The third-order valence-electron chi connectivity index (χ3n) is 19.2. The van der Waals surface area contributed by atoms with E-state index in [9.17, 15) is 0 Å². The summed E-state index contributed by atoms with van der Waals surface area (Å²) in [5.41, 5.74) is 13.9. The zero-order valence-corrected chi connectivity index (χ0v) is 47.6. The van der Waals surface area contributed by atoms with E-state index >= 15 is 0 Å². The largest absolute Gasteiger partial charge is 0.496 e. The van der Waals surface area contributed by atoms with Gasteiger partial charge in [-0.05, 0) is 180 Å². The highest BCUT2D eigenvalue weighted by Crippen LogP contribution is 2.49. The molecule has 0 bridgehead atoms. The number of ether oxygens (including phenoxy) is 4. The Bertz CT molecular complexity index is 3700. The van der Waals surface area contributed by atoms with Crippen LogP contribution in [0.15, 0.2) is 103 Å². The summed E-state index contributed by atoms with van der Waals surface area (Å²) < 4.78 is 51.7. The van der Waals surface area contributed by atoms with Crippen LogP contribution in [0, 0.1) is 0 Å². The van der Waals surface area contributed by atoms with Crippen molar-refractivity contribution in [2.75, 3.05) is 28.4 Å². The van der Waals surface area contributed by atoms with Gasteiger partial charge in [-0.15, -0.1) is 0 Å². The molecule has 12 nitrogen and oxygen atoms in total. The van der Waals surface area contributed by atoms with Gasteiger partial charge >= 0.3 is 0 Å². The Hall–Kier alpha value is -7.86. The van der Waals surface area contributed by atoms with Crippen LogP contribution >= 0.6 is 0 Å². The minimum absolute atomic E-state index is 0.413. The molecule has 82 heavy (non-hydrogen) atoms. The monoisotopic (exact) mass is 1090 g/mol. The third kappa shape index (κ3) is 8.94. The number of hydrogen-bond donors (Lipinski definition) is 0. The molecule has 11 aromatic rings. The summed E-state index contributed by atoms with van der Waals surface area (Å²) in [6, 6.07) is 29.7. The summed E-state index contributed by atoms with van der Waals surface area (Å²) >= 11 is 0. The summed E-state index contributed by atoms with van der Waals surface area (Å²) in [7, 11) is 7.01. The summed E-state index contributed by atoms with van der Waals surface area (Å²) in [6.07, 6.45) is 23.8. The average molecular weight is 1100 g/mol. The fourth-order valence-corrected chi connectivity index (χ4v) is 14.9. The highest BCUT2D eigenvalue weighted by Gasteiger charge is 2.29. The summed E-state index contributed by atoms with van der Waals surface area (Å²) in [5.74, 6) is 7.01. The Kier molecular flexibility index (Phi) is 13.2. The van der Waals surface area contributed by atoms with Crippen molar-refractivity contribution < 1.29 is 36.6 Å². The quantitative estimate of drug-likeness (QED) is 0.108. The third-order valence-corrected chi connectivity index (χ3v) is 19.2. The number of methoxy groups -OCH3 is 4. The second kappa shape index (κ2) is 21.2. The highest BCUT2D eigenvalue weighted by molar-refractivity contribution is 6.15. The second-order valence-electron chi connectivity index (χ2n) is 23.9. The molecular formula is C70H70N4O8. The molecule has 0 aliphatic heterocycles. The Morgan fingerprint density at radius 1 is 0.293 bits per heavy atom. The van der Waals surface area contributed by atoms with Crippen molar-refractivity contribution in [2.45, 2.75) is 152 Å². The van der Waals surface area contributed by atoms with E-state index in [2.05, 4.69) is 60.7 Å². The molecule has 15 rings (SSSR count). The molecule has 4 aromatic heterocycles. The van der Waals surface area contributed by atoms with Crippen molar-refractivity contribution in [1.82, 2.24) is 19.9 Å². The van der Waals surface area contributed by atoms with Gasteiger partial charge in [0.25, 0.3) is 0 Å². The topological polar surface area (TPSA) is 141 Å².